The van der Waals surface area contributed by atoms with Crippen molar-refractivity contribution in [3.8, 4) is 0 Å². The Morgan fingerprint density at radius 2 is 1.45 bits per heavy atom. The highest BCUT2D eigenvalue weighted by Gasteiger charge is 1.83. The summed E-state index contributed by atoms with van der Waals surface area (Å²) in [6, 6.07) is 8.36. The van der Waals surface area contributed by atoms with E-state index in [9.17, 15) is 0 Å². The number of rotatable bonds is 0. The lowest BCUT2D eigenvalue weighted by atomic mass is 10.1. The standard InChI is InChI=1S/C8H10.CHNO/c1-7-5-3-4-6-8(7)2;2-1-3/h3-6H,1-2H3;2H. The largest absolute Gasteiger partial charge is 0.231 e. The van der Waals surface area contributed by atoms with E-state index in [2.05, 4.69) is 38.1 Å². The third-order valence-electron chi connectivity index (χ3n) is 1.43. The molecule has 0 aliphatic carbocycles. The van der Waals surface area contributed by atoms with Crippen LogP contribution >= 0.6 is 0 Å². The fourth-order valence-corrected chi connectivity index (χ4v) is 0.663. The first-order valence-corrected chi connectivity index (χ1v) is 3.28. The first-order chi connectivity index (χ1) is 5.22. The maximum atomic E-state index is 8.35. The molecule has 0 aliphatic rings. The smallest absolute Gasteiger partial charge is 0.222 e. The van der Waals surface area contributed by atoms with Crippen molar-refractivity contribution < 1.29 is 4.79 Å². The van der Waals surface area contributed by atoms with E-state index >= 15 is 0 Å². The Kier molecular flexibility index (Phi) is 4.70. The van der Waals surface area contributed by atoms with Gasteiger partial charge in [-0.1, -0.05) is 24.3 Å². The van der Waals surface area contributed by atoms with E-state index in [1.54, 1.807) is 0 Å². The zero-order valence-electron chi connectivity index (χ0n) is 6.72. The minimum atomic E-state index is 0.750. The van der Waals surface area contributed by atoms with Gasteiger partial charge in [0.2, 0.25) is 6.08 Å². The van der Waals surface area contributed by atoms with Gasteiger partial charge in [-0.25, -0.2) is 10.2 Å². The van der Waals surface area contributed by atoms with Crippen LogP contribution < -0.4 is 0 Å². The van der Waals surface area contributed by atoms with Gasteiger partial charge in [0.05, 0.1) is 0 Å². The summed E-state index contributed by atoms with van der Waals surface area (Å²) in [4.78, 5) is 8.35. The van der Waals surface area contributed by atoms with Gasteiger partial charge in [0.15, 0.2) is 0 Å². The number of nitrogens with one attached hydrogen (secondary N) is 1. The molecule has 0 unspecified atom stereocenters. The molecule has 0 saturated carbocycles. The number of hydrogen-bond acceptors (Lipinski definition) is 2. The van der Waals surface area contributed by atoms with Gasteiger partial charge in [-0.2, -0.15) is 0 Å². The fraction of sp³-hybridized carbons (Fsp3) is 0.222. The van der Waals surface area contributed by atoms with Crippen LogP contribution in [0.25, 0.3) is 0 Å². The molecule has 0 saturated heterocycles. The molecule has 0 spiro atoms. The Hall–Kier alpha value is -1.40. The lowest BCUT2D eigenvalue weighted by Crippen LogP contribution is -1.74. The molecule has 0 bridgehead atoms. The van der Waals surface area contributed by atoms with Gasteiger partial charge < -0.3 is 0 Å². The monoisotopic (exact) mass is 149 g/mol. The highest BCUT2D eigenvalue weighted by molar-refractivity contribution is 5.26. The van der Waals surface area contributed by atoms with Gasteiger partial charge in [0, 0.05) is 0 Å². The van der Waals surface area contributed by atoms with Gasteiger partial charge in [-0.3, -0.25) is 0 Å². The molecule has 0 atom stereocenters. The van der Waals surface area contributed by atoms with Crippen molar-refractivity contribution in [2.45, 2.75) is 13.8 Å². The van der Waals surface area contributed by atoms with Crippen LogP contribution in [-0.2, 0) is 4.79 Å². The third-order valence-corrected chi connectivity index (χ3v) is 1.43. The topological polar surface area (TPSA) is 40.9 Å². The van der Waals surface area contributed by atoms with Crippen molar-refractivity contribution in [1.82, 2.24) is 0 Å². The Labute approximate surface area is 66.4 Å². The van der Waals surface area contributed by atoms with Crippen LogP contribution in [0, 0.1) is 19.3 Å². The van der Waals surface area contributed by atoms with Crippen LogP contribution in [0.5, 0.6) is 0 Å². The summed E-state index contributed by atoms with van der Waals surface area (Å²) in [7, 11) is 0. The molecule has 1 aromatic rings. The molecule has 1 N–H and O–H groups in total. The van der Waals surface area contributed by atoms with E-state index in [-0.39, 0.29) is 0 Å². The minimum Gasteiger partial charge on any atom is -0.222 e. The predicted molar refractivity (Wildman–Crippen MR) is 44.3 cm³/mol. The molecule has 2 nitrogen and oxygen atoms in total. The predicted octanol–water partition coefficient (Wildman–Crippen LogP) is 2.20. The van der Waals surface area contributed by atoms with E-state index < -0.39 is 0 Å². The van der Waals surface area contributed by atoms with E-state index in [4.69, 9.17) is 10.2 Å². The first kappa shape index (κ1) is 9.60. The van der Waals surface area contributed by atoms with Gasteiger partial charge >= 0.3 is 0 Å². The van der Waals surface area contributed by atoms with Gasteiger partial charge in [0.1, 0.15) is 0 Å². The summed E-state index contributed by atoms with van der Waals surface area (Å²) in [5, 5.41) is 5.40. The molecule has 0 aliphatic heterocycles. The normalized spacial score (nSPS) is 7.45. The highest BCUT2D eigenvalue weighted by atomic mass is 16.1. The van der Waals surface area contributed by atoms with E-state index in [1.807, 2.05) is 0 Å². The minimum absolute atomic E-state index is 0.750. The van der Waals surface area contributed by atoms with Crippen LogP contribution in [0.4, 0.5) is 0 Å². The molecule has 58 valence electrons. The maximum Gasteiger partial charge on any atom is 0.231 e. The van der Waals surface area contributed by atoms with Crippen molar-refractivity contribution in [2.75, 3.05) is 0 Å². The lowest BCUT2D eigenvalue weighted by molar-refractivity contribution is 0.563. The molecular weight excluding hydrogens is 138 g/mol. The molecule has 0 heterocycles. The van der Waals surface area contributed by atoms with E-state index in [0.717, 1.165) is 6.08 Å². The van der Waals surface area contributed by atoms with Gasteiger partial charge in [-0.05, 0) is 25.0 Å². The van der Waals surface area contributed by atoms with Crippen molar-refractivity contribution in [2.24, 2.45) is 0 Å². The van der Waals surface area contributed by atoms with Crippen molar-refractivity contribution in [3.63, 3.8) is 0 Å². The summed E-state index contributed by atoms with van der Waals surface area (Å²) in [6.45, 7) is 4.24. The second-order valence-corrected chi connectivity index (χ2v) is 2.19. The lowest BCUT2D eigenvalue weighted by Gasteiger charge is -1.93. The summed E-state index contributed by atoms with van der Waals surface area (Å²) in [6.07, 6.45) is 0.750. The van der Waals surface area contributed by atoms with Gasteiger partial charge in [0.25, 0.3) is 0 Å². The molecule has 0 aromatic heterocycles. The van der Waals surface area contributed by atoms with Crippen LogP contribution in [0.2, 0.25) is 0 Å². The Balaban J connectivity index is 0.000000292. The summed E-state index contributed by atoms with van der Waals surface area (Å²) >= 11 is 0. The zero-order valence-corrected chi connectivity index (χ0v) is 6.72. The number of hydrogen-bond donors (Lipinski definition) is 1. The summed E-state index contributed by atoms with van der Waals surface area (Å²) < 4.78 is 0. The van der Waals surface area contributed by atoms with Crippen molar-refractivity contribution in [3.05, 3.63) is 35.4 Å². The molecule has 1 rings (SSSR count). The molecule has 0 fully saturated rings. The Morgan fingerprint density at radius 1 is 1.18 bits per heavy atom. The number of benzene rings is 1. The second-order valence-electron chi connectivity index (χ2n) is 2.19. The highest BCUT2D eigenvalue weighted by Crippen LogP contribution is 2.02. The quantitative estimate of drug-likeness (QED) is 0.446. The van der Waals surface area contributed by atoms with Crippen LogP contribution in [0.1, 0.15) is 11.1 Å². The SMILES string of the molecule is Cc1ccccc1C.N=C=O. The van der Waals surface area contributed by atoms with Crippen LogP contribution in [0.3, 0.4) is 0 Å². The Bertz CT molecular complexity index is 228. The fourth-order valence-electron chi connectivity index (χ4n) is 0.663. The molecule has 0 amide bonds. The summed E-state index contributed by atoms with van der Waals surface area (Å²) in [5.74, 6) is 0. The second kappa shape index (κ2) is 5.39. The van der Waals surface area contributed by atoms with E-state index in [0.29, 0.717) is 0 Å². The molecular formula is C9H11NO. The third kappa shape index (κ3) is 4.06. The number of isocyanates is 1. The zero-order chi connectivity index (χ0) is 8.69. The van der Waals surface area contributed by atoms with E-state index in [1.165, 1.54) is 11.1 Å². The van der Waals surface area contributed by atoms with Crippen molar-refractivity contribution in [1.29, 1.82) is 5.41 Å². The molecule has 1 aromatic carbocycles. The van der Waals surface area contributed by atoms with Crippen LogP contribution in [-0.4, -0.2) is 6.08 Å². The average molecular weight is 149 g/mol. The molecule has 2 heteroatoms. The first-order valence-electron chi connectivity index (χ1n) is 3.28. The molecule has 11 heavy (non-hydrogen) atoms. The van der Waals surface area contributed by atoms with Crippen molar-refractivity contribution >= 4 is 6.08 Å². The summed E-state index contributed by atoms with van der Waals surface area (Å²) in [5.41, 5.74) is 2.74. The maximum absolute atomic E-state index is 8.35. The number of carbonyl (C=O) groups excluding carboxylic acids is 1. The average Bonchev–Trinajstić information content (AvgIpc) is 1.97. The van der Waals surface area contributed by atoms with Gasteiger partial charge in [-0.15, -0.1) is 0 Å². The number of aryl methyl sites for hydroxylation is 2. The van der Waals surface area contributed by atoms with Crippen LogP contribution in [0.15, 0.2) is 24.3 Å². The Morgan fingerprint density at radius 3 is 1.64 bits per heavy atom. The molecule has 0 radical (unpaired) electrons.